The topological polar surface area (TPSA) is 56.7 Å². The lowest BCUT2D eigenvalue weighted by Crippen LogP contribution is -2.37. The van der Waals surface area contributed by atoms with Crippen molar-refractivity contribution in [2.24, 2.45) is 0 Å². The third-order valence-corrected chi connectivity index (χ3v) is 3.80. The van der Waals surface area contributed by atoms with Gasteiger partial charge in [-0.05, 0) is 12.1 Å². The Labute approximate surface area is 127 Å². The van der Waals surface area contributed by atoms with E-state index < -0.39 is 0 Å². The molecule has 2 heterocycles. The van der Waals surface area contributed by atoms with E-state index in [0.29, 0.717) is 41.3 Å². The smallest absolute Gasteiger partial charge is 0.229 e. The van der Waals surface area contributed by atoms with Crippen LogP contribution in [-0.2, 0) is 4.74 Å². The largest absolute Gasteiger partial charge is 0.495 e. The normalized spacial score (nSPS) is 15.3. The lowest BCUT2D eigenvalue weighted by molar-refractivity contribution is 0.122. The second kappa shape index (κ2) is 5.91. The van der Waals surface area contributed by atoms with E-state index in [2.05, 4.69) is 14.9 Å². The summed E-state index contributed by atoms with van der Waals surface area (Å²) in [4.78, 5) is 11.1. The average molecular weight is 310 g/mol. The van der Waals surface area contributed by atoms with Gasteiger partial charge in [0.25, 0.3) is 0 Å². The summed E-state index contributed by atoms with van der Waals surface area (Å²) in [5.74, 6) is 1.68. The molecule has 1 aliphatic heterocycles. The maximum Gasteiger partial charge on any atom is 0.229 e. The van der Waals surface area contributed by atoms with Crippen molar-refractivity contribution < 1.29 is 14.2 Å². The van der Waals surface area contributed by atoms with Crippen molar-refractivity contribution in [1.29, 1.82) is 0 Å². The van der Waals surface area contributed by atoms with Crippen LogP contribution in [0.15, 0.2) is 12.1 Å². The molecule has 2 aromatic rings. The SMILES string of the molecule is COc1ccc2c(OC)nc(N3CCOCC3)nc2c1Cl. The number of methoxy groups -OCH3 is 2. The number of aromatic nitrogens is 2. The number of hydrogen-bond acceptors (Lipinski definition) is 6. The highest BCUT2D eigenvalue weighted by Crippen LogP contribution is 2.36. The first kappa shape index (κ1) is 14.2. The van der Waals surface area contributed by atoms with Gasteiger partial charge < -0.3 is 19.1 Å². The van der Waals surface area contributed by atoms with Gasteiger partial charge in [-0.1, -0.05) is 11.6 Å². The molecule has 1 saturated heterocycles. The van der Waals surface area contributed by atoms with Gasteiger partial charge in [-0.15, -0.1) is 0 Å². The minimum absolute atomic E-state index is 0.463. The molecular formula is C14H16ClN3O3. The summed E-state index contributed by atoms with van der Waals surface area (Å²) in [6, 6.07) is 3.63. The van der Waals surface area contributed by atoms with E-state index in [1.165, 1.54) is 0 Å². The second-order valence-electron chi connectivity index (χ2n) is 4.61. The monoisotopic (exact) mass is 309 g/mol. The van der Waals surface area contributed by atoms with Gasteiger partial charge in [-0.2, -0.15) is 4.98 Å². The molecule has 0 N–H and O–H groups in total. The van der Waals surface area contributed by atoms with E-state index >= 15 is 0 Å². The van der Waals surface area contributed by atoms with Crippen LogP contribution < -0.4 is 14.4 Å². The van der Waals surface area contributed by atoms with Crippen LogP contribution in [0.4, 0.5) is 5.95 Å². The number of fused-ring (bicyclic) bond motifs is 1. The lowest BCUT2D eigenvalue weighted by Gasteiger charge is -2.27. The fraction of sp³-hybridized carbons (Fsp3) is 0.429. The van der Waals surface area contributed by atoms with Gasteiger partial charge >= 0.3 is 0 Å². The highest BCUT2D eigenvalue weighted by molar-refractivity contribution is 6.36. The fourth-order valence-electron chi connectivity index (χ4n) is 2.32. The Kier molecular flexibility index (Phi) is 3.98. The zero-order valence-corrected chi connectivity index (χ0v) is 12.7. The first-order chi connectivity index (χ1) is 10.2. The lowest BCUT2D eigenvalue weighted by atomic mass is 10.2. The minimum atomic E-state index is 0.463. The van der Waals surface area contributed by atoms with Crippen molar-refractivity contribution in [2.75, 3.05) is 45.4 Å². The number of hydrogen-bond donors (Lipinski definition) is 0. The van der Waals surface area contributed by atoms with Crippen LogP contribution >= 0.6 is 11.6 Å². The van der Waals surface area contributed by atoms with Crippen LogP contribution in [0.3, 0.4) is 0 Å². The van der Waals surface area contributed by atoms with Crippen LogP contribution in [0.5, 0.6) is 11.6 Å². The summed E-state index contributed by atoms with van der Waals surface area (Å²) in [5.41, 5.74) is 0.629. The van der Waals surface area contributed by atoms with Crippen LogP contribution in [0.25, 0.3) is 10.9 Å². The average Bonchev–Trinajstić information content (AvgIpc) is 2.55. The molecular weight excluding hydrogens is 294 g/mol. The van der Waals surface area contributed by atoms with Crippen molar-refractivity contribution in [3.05, 3.63) is 17.2 Å². The van der Waals surface area contributed by atoms with E-state index in [9.17, 15) is 0 Å². The molecule has 0 amide bonds. The molecule has 1 aromatic carbocycles. The third kappa shape index (κ3) is 2.56. The Hall–Kier alpha value is -1.79. The number of benzene rings is 1. The maximum atomic E-state index is 6.37. The molecule has 0 unspecified atom stereocenters. The predicted octanol–water partition coefficient (Wildman–Crippen LogP) is 2.14. The van der Waals surface area contributed by atoms with E-state index in [1.807, 2.05) is 6.07 Å². The summed E-state index contributed by atoms with van der Waals surface area (Å²) in [5, 5.41) is 1.23. The van der Waals surface area contributed by atoms with Crippen molar-refractivity contribution in [3.63, 3.8) is 0 Å². The molecule has 0 bridgehead atoms. The Balaban J connectivity index is 2.15. The molecule has 6 nitrogen and oxygen atoms in total. The van der Waals surface area contributed by atoms with Gasteiger partial charge in [0.2, 0.25) is 11.8 Å². The standard InChI is InChI=1S/C14H16ClN3O3/c1-19-10-4-3-9-12(11(10)15)16-14(17-13(9)20-2)18-5-7-21-8-6-18/h3-4H,5-8H2,1-2H3. The summed E-state index contributed by atoms with van der Waals surface area (Å²) in [7, 11) is 3.16. The van der Waals surface area contributed by atoms with E-state index in [1.54, 1.807) is 20.3 Å². The highest BCUT2D eigenvalue weighted by atomic mass is 35.5. The molecule has 7 heteroatoms. The number of ether oxygens (including phenoxy) is 3. The molecule has 21 heavy (non-hydrogen) atoms. The summed E-state index contributed by atoms with van der Waals surface area (Å²) in [6.07, 6.45) is 0. The molecule has 0 aliphatic carbocycles. The first-order valence-electron chi connectivity index (χ1n) is 6.65. The van der Waals surface area contributed by atoms with E-state index in [-0.39, 0.29) is 0 Å². The van der Waals surface area contributed by atoms with Crippen LogP contribution in [0.1, 0.15) is 0 Å². The molecule has 0 spiro atoms. The predicted molar refractivity (Wildman–Crippen MR) is 80.7 cm³/mol. The Morgan fingerprint density at radius 2 is 1.90 bits per heavy atom. The Morgan fingerprint density at radius 1 is 1.14 bits per heavy atom. The molecule has 0 atom stereocenters. The van der Waals surface area contributed by atoms with Crippen LogP contribution in [0.2, 0.25) is 5.02 Å². The molecule has 3 rings (SSSR count). The van der Waals surface area contributed by atoms with Gasteiger partial charge in [0.15, 0.2) is 0 Å². The van der Waals surface area contributed by atoms with E-state index in [4.69, 9.17) is 25.8 Å². The Bertz CT molecular complexity index is 659. The highest BCUT2D eigenvalue weighted by Gasteiger charge is 2.19. The molecule has 0 radical (unpaired) electrons. The molecule has 1 aliphatic rings. The fourth-order valence-corrected chi connectivity index (χ4v) is 2.61. The number of morpholine rings is 1. The number of anilines is 1. The quantitative estimate of drug-likeness (QED) is 0.866. The summed E-state index contributed by atoms with van der Waals surface area (Å²) in [6.45, 7) is 2.82. The van der Waals surface area contributed by atoms with Gasteiger partial charge in [-0.3, -0.25) is 0 Å². The maximum absolute atomic E-state index is 6.37. The minimum Gasteiger partial charge on any atom is -0.495 e. The second-order valence-corrected chi connectivity index (χ2v) is 4.99. The van der Waals surface area contributed by atoms with Gasteiger partial charge in [0.1, 0.15) is 16.3 Å². The summed E-state index contributed by atoms with van der Waals surface area (Å²) < 4.78 is 16.0. The number of nitrogens with zero attached hydrogens (tertiary/aromatic N) is 3. The van der Waals surface area contributed by atoms with Crippen LogP contribution in [-0.4, -0.2) is 50.5 Å². The number of rotatable bonds is 3. The first-order valence-corrected chi connectivity index (χ1v) is 7.03. The zero-order valence-electron chi connectivity index (χ0n) is 11.9. The Morgan fingerprint density at radius 3 is 2.57 bits per heavy atom. The summed E-state index contributed by atoms with van der Waals surface area (Å²) >= 11 is 6.37. The molecule has 1 fully saturated rings. The number of halogens is 1. The van der Waals surface area contributed by atoms with Crippen LogP contribution in [0, 0.1) is 0 Å². The van der Waals surface area contributed by atoms with Crippen molar-refractivity contribution in [2.45, 2.75) is 0 Å². The van der Waals surface area contributed by atoms with Crippen molar-refractivity contribution in [1.82, 2.24) is 9.97 Å². The van der Waals surface area contributed by atoms with Gasteiger partial charge in [-0.25, -0.2) is 4.98 Å². The van der Waals surface area contributed by atoms with E-state index in [0.717, 1.165) is 18.5 Å². The van der Waals surface area contributed by atoms with Crippen molar-refractivity contribution >= 4 is 28.5 Å². The molecule has 112 valence electrons. The van der Waals surface area contributed by atoms with Crippen molar-refractivity contribution in [3.8, 4) is 11.6 Å². The zero-order chi connectivity index (χ0) is 14.8. The molecule has 1 aromatic heterocycles. The third-order valence-electron chi connectivity index (χ3n) is 3.43. The van der Waals surface area contributed by atoms with Gasteiger partial charge in [0, 0.05) is 13.1 Å². The molecule has 0 saturated carbocycles. The van der Waals surface area contributed by atoms with Gasteiger partial charge in [0.05, 0.1) is 32.8 Å².